The highest BCUT2D eigenvalue weighted by atomic mass is 16.6. The number of para-hydroxylation sites is 4. The first-order valence-electron chi connectivity index (χ1n) is 14.8. The fourth-order valence-electron chi connectivity index (χ4n) is 4.48. The molecular formula is C32H47NO7. The summed E-state index contributed by atoms with van der Waals surface area (Å²) in [6.07, 6.45) is 5.48. The van der Waals surface area contributed by atoms with Gasteiger partial charge in [-0.05, 0) is 43.5 Å². The zero-order valence-electron chi connectivity index (χ0n) is 24.5. The van der Waals surface area contributed by atoms with Gasteiger partial charge in [-0.3, -0.25) is 4.79 Å². The van der Waals surface area contributed by atoms with Crippen LogP contribution in [-0.2, 0) is 14.3 Å². The number of rotatable bonds is 11. The molecule has 0 fully saturated rings. The average Bonchev–Trinajstić information content (AvgIpc) is 2.98. The average molecular weight is 558 g/mol. The summed E-state index contributed by atoms with van der Waals surface area (Å²) >= 11 is 0. The lowest BCUT2D eigenvalue weighted by atomic mass is 9.99. The van der Waals surface area contributed by atoms with Gasteiger partial charge in [-0.2, -0.15) is 0 Å². The molecule has 1 heterocycles. The Labute approximate surface area is 239 Å². The molecule has 1 aliphatic rings. The van der Waals surface area contributed by atoms with Crippen LogP contribution in [0.2, 0.25) is 0 Å². The molecule has 0 radical (unpaired) electrons. The molecule has 3 rings (SSSR count). The molecule has 2 aromatic rings. The lowest BCUT2D eigenvalue weighted by Crippen LogP contribution is -2.48. The van der Waals surface area contributed by atoms with Crippen LogP contribution in [0.1, 0.15) is 59.3 Å². The van der Waals surface area contributed by atoms with Gasteiger partial charge in [0.2, 0.25) is 5.91 Å². The second kappa shape index (κ2) is 17.7. The molecule has 40 heavy (non-hydrogen) atoms. The van der Waals surface area contributed by atoms with Crippen molar-refractivity contribution in [3.05, 3.63) is 48.5 Å². The second-order valence-electron chi connectivity index (χ2n) is 10.1. The van der Waals surface area contributed by atoms with Gasteiger partial charge >= 0.3 is 0 Å². The molecule has 0 saturated heterocycles. The summed E-state index contributed by atoms with van der Waals surface area (Å²) in [5, 5.41) is 0. The molecule has 0 N–H and O–H groups in total. The summed E-state index contributed by atoms with van der Waals surface area (Å²) < 4.78 is 36.8. The number of hydrogen-bond acceptors (Lipinski definition) is 7. The van der Waals surface area contributed by atoms with Crippen LogP contribution >= 0.6 is 0 Å². The van der Waals surface area contributed by atoms with Crippen molar-refractivity contribution in [1.29, 1.82) is 0 Å². The van der Waals surface area contributed by atoms with Crippen LogP contribution in [0.3, 0.4) is 0 Å². The molecule has 2 aromatic carbocycles. The van der Waals surface area contributed by atoms with Crippen molar-refractivity contribution < 1.29 is 33.2 Å². The zero-order valence-corrected chi connectivity index (χ0v) is 24.5. The third kappa shape index (κ3) is 10.2. The van der Waals surface area contributed by atoms with E-state index in [9.17, 15) is 4.79 Å². The molecule has 0 aromatic heterocycles. The highest BCUT2D eigenvalue weighted by Crippen LogP contribution is 2.32. The summed E-state index contributed by atoms with van der Waals surface area (Å²) in [7, 11) is 0. The van der Waals surface area contributed by atoms with Gasteiger partial charge in [0.1, 0.15) is 38.6 Å². The Bertz CT molecular complexity index is 935. The smallest absolute Gasteiger partial charge is 0.248 e. The summed E-state index contributed by atoms with van der Waals surface area (Å²) in [6, 6.07) is 15.1. The van der Waals surface area contributed by atoms with Crippen molar-refractivity contribution in [3.8, 4) is 23.0 Å². The number of carbonyl (C=O) groups is 1. The van der Waals surface area contributed by atoms with Crippen LogP contribution in [0.25, 0.3) is 0 Å². The SMILES string of the molecule is CCCCN(CCCC)C(=O)COC1(CCC)COc2ccccc2OCCOCCOc2ccccc2OC1. The van der Waals surface area contributed by atoms with Gasteiger partial charge < -0.3 is 33.3 Å². The number of benzene rings is 2. The fourth-order valence-corrected chi connectivity index (χ4v) is 4.48. The molecule has 0 unspecified atom stereocenters. The molecule has 0 spiro atoms. The molecule has 8 heteroatoms. The summed E-state index contributed by atoms with van der Waals surface area (Å²) in [4.78, 5) is 15.3. The van der Waals surface area contributed by atoms with Gasteiger partial charge in [0.25, 0.3) is 0 Å². The number of hydrogen-bond donors (Lipinski definition) is 0. The molecule has 0 atom stereocenters. The topological polar surface area (TPSA) is 75.7 Å². The quantitative estimate of drug-likeness (QED) is 0.340. The van der Waals surface area contributed by atoms with E-state index in [0.717, 1.165) is 45.2 Å². The molecule has 0 aliphatic carbocycles. The minimum absolute atomic E-state index is 0.00279. The van der Waals surface area contributed by atoms with E-state index in [0.29, 0.717) is 55.8 Å². The molecule has 222 valence electrons. The zero-order chi connectivity index (χ0) is 28.5. The fraction of sp³-hybridized carbons (Fsp3) is 0.594. The van der Waals surface area contributed by atoms with E-state index in [1.54, 1.807) is 0 Å². The lowest BCUT2D eigenvalue weighted by Gasteiger charge is -2.34. The standard InChI is InChI=1S/C32H47NO7/c1-4-7-18-33(19-8-5-2)31(34)24-40-32(17-6-3)25-38-29-15-11-9-13-27(29)36-22-20-35-21-23-37-28-14-10-12-16-30(28)39-26-32/h9-16H,4-8,17-26H2,1-3H3. The monoisotopic (exact) mass is 557 g/mol. The summed E-state index contributed by atoms with van der Waals surface area (Å²) in [6.45, 7) is 9.82. The highest BCUT2D eigenvalue weighted by Gasteiger charge is 2.35. The van der Waals surface area contributed by atoms with Crippen LogP contribution in [0.5, 0.6) is 23.0 Å². The summed E-state index contributed by atoms with van der Waals surface area (Å²) in [5.41, 5.74) is -0.869. The van der Waals surface area contributed by atoms with Crippen LogP contribution < -0.4 is 18.9 Å². The molecular weight excluding hydrogens is 510 g/mol. The third-order valence-electron chi connectivity index (χ3n) is 6.77. The number of fused-ring (bicyclic) bond motifs is 2. The second-order valence-corrected chi connectivity index (χ2v) is 10.1. The van der Waals surface area contributed by atoms with Crippen molar-refractivity contribution in [1.82, 2.24) is 4.90 Å². The Kier molecular flexibility index (Phi) is 13.9. The number of carbonyl (C=O) groups excluding carboxylic acids is 1. The predicted molar refractivity (Wildman–Crippen MR) is 156 cm³/mol. The molecule has 8 nitrogen and oxygen atoms in total. The van der Waals surface area contributed by atoms with Crippen molar-refractivity contribution in [2.75, 3.05) is 59.3 Å². The predicted octanol–water partition coefficient (Wildman–Crippen LogP) is 5.92. The largest absolute Gasteiger partial charge is 0.487 e. The minimum atomic E-state index is -0.869. The Hall–Kier alpha value is -2.97. The minimum Gasteiger partial charge on any atom is -0.487 e. The number of amides is 1. The molecule has 0 bridgehead atoms. The van der Waals surface area contributed by atoms with Crippen LogP contribution in [0, 0.1) is 0 Å². The van der Waals surface area contributed by atoms with Crippen LogP contribution in [-0.4, -0.2) is 75.7 Å². The Balaban J connectivity index is 1.85. The van der Waals surface area contributed by atoms with E-state index in [1.165, 1.54) is 0 Å². The first-order valence-corrected chi connectivity index (χ1v) is 14.8. The Morgan fingerprint density at radius 2 is 1.20 bits per heavy atom. The van der Waals surface area contributed by atoms with Crippen LogP contribution in [0.15, 0.2) is 48.5 Å². The maximum absolute atomic E-state index is 13.3. The molecule has 0 saturated carbocycles. The van der Waals surface area contributed by atoms with Crippen molar-refractivity contribution >= 4 is 5.91 Å². The number of nitrogens with zero attached hydrogens (tertiary/aromatic N) is 1. The molecule has 1 aliphatic heterocycles. The first-order chi connectivity index (χ1) is 19.6. The van der Waals surface area contributed by atoms with Gasteiger partial charge in [0.05, 0.1) is 13.2 Å². The van der Waals surface area contributed by atoms with Crippen molar-refractivity contribution in [2.24, 2.45) is 0 Å². The van der Waals surface area contributed by atoms with Gasteiger partial charge in [-0.25, -0.2) is 0 Å². The maximum Gasteiger partial charge on any atom is 0.248 e. The van der Waals surface area contributed by atoms with Gasteiger partial charge in [-0.1, -0.05) is 64.3 Å². The normalized spacial score (nSPS) is 15.8. The van der Waals surface area contributed by atoms with E-state index in [1.807, 2.05) is 53.4 Å². The third-order valence-corrected chi connectivity index (χ3v) is 6.77. The Morgan fingerprint density at radius 1 is 0.725 bits per heavy atom. The van der Waals surface area contributed by atoms with Gasteiger partial charge in [0.15, 0.2) is 23.0 Å². The lowest BCUT2D eigenvalue weighted by molar-refractivity contribution is -0.151. The number of unbranched alkanes of at least 4 members (excludes halogenated alkanes) is 2. The maximum atomic E-state index is 13.3. The van der Waals surface area contributed by atoms with E-state index in [2.05, 4.69) is 20.8 Å². The first kappa shape index (κ1) is 31.6. The van der Waals surface area contributed by atoms with Gasteiger partial charge in [0, 0.05) is 13.1 Å². The van der Waals surface area contributed by atoms with Crippen molar-refractivity contribution in [2.45, 2.75) is 64.9 Å². The van der Waals surface area contributed by atoms with E-state index in [-0.39, 0.29) is 25.7 Å². The summed E-state index contributed by atoms with van der Waals surface area (Å²) in [5.74, 6) is 2.49. The van der Waals surface area contributed by atoms with E-state index >= 15 is 0 Å². The molecule has 1 amide bonds. The van der Waals surface area contributed by atoms with E-state index in [4.69, 9.17) is 28.4 Å². The van der Waals surface area contributed by atoms with Crippen LogP contribution in [0.4, 0.5) is 0 Å². The number of ether oxygens (including phenoxy) is 6. The van der Waals surface area contributed by atoms with Gasteiger partial charge in [-0.15, -0.1) is 0 Å². The highest BCUT2D eigenvalue weighted by molar-refractivity contribution is 5.77. The van der Waals surface area contributed by atoms with Crippen molar-refractivity contribution in [3.63, 3.8) is 0 Å². The Morgan fingerprint density at radius 3 is 1.65 bits per heavy atom. The van der Waals surface area contributed by atoms with E-state index < -0.39 is 5.60 Å².